The van der Waals surface area contributed by atoms with Crippen molar-refractivity contribution < 1.29 is 23.7 Å². The van der Waals surface area contributed by atoms with Crippen molar-refractivity contribution in [1.29, 1.82) is 0 Å². The number of fused-ring (bicyclic) bond motifs is 1. The summed E-state index contributed by atoms with van der Waals surface area (Å²) in [5.74, 6) is 2.80. The van der Waals surface area contributed by atoms with Crippen molar-refractivity contribution in [3.63, 3.8) is 0 Å². The van der Waals surface area contributed by atoms with Gasteiger partial charge in [-0.05, 0) is 41.8 Å². The van der Waals surface area contributed by atoms with Crippen LogP contribution in [0.5, 0.6) is 23.0 Å². The number of aryl methyl sites for hydroxylation is 1. The molecule has 1 aliphatic heterocycles. The molecule has 132 valence electrons. The summed E-state index contributed by atoms with van der Waals surface area (Å²) in [7, 11) is 3.18. The number of carbonyl (C=O) groups is 1. The van der Waals surface area contributed by atoms with E-state index in [0.717, 1.165) is 22.6 Å². The fourth-order valence-corrected chi connectivity index (χ4v) is 2.63. The van der Waals surface area contributed by atoms with E-state index in [1.807, 2.05) is 36.4 Å². The molecule has 6 nitrogen and oxygen atoms in total. The van der Waals surface area contributed by atoms with Crippen LogP contribution < -0.4 is 24.3 Å². The monoisotopic (exact) mass is 343 g/mol. The molecule has 1 amide bonds. The van der Waals surface area contributed by atoms with Gasteiger partial charge in [0.15, 0.2) is 23.0 Å². The molecule has 6 heteroatoms. The maximum Gasteiger partial charge on any atom is 0.231 e. The first-order valence-electron chi connectivity index (χ1n) is 8.05. The minimum absolute atomic E-state index is 0.00699. The van der Waals surface area contributed by atoms with Crippen LogP contribution in [0.4, 0.5) is 0 Å². The maximum atomic E-state index is 12.1. The summed E-state index contributed by atoms with van der Waals surface area (Å²) in [6.45, 7) is 0.699. The molecule has 0 atom stereocenters. The van der Waals surface area contributed by atoms with Crippen molar-refractivity contribution in [1.82, 2.24) is 5.32 Å². The largest absolute Gasteiger partial charge is 0.493 e. The Bertz CT molecular complexity index is 759. The molecule has 0 radical (unpaired) electrons. The number of nitrogens with one attached hydrogen (secondary N) is 1. The van der Waals surface area contributed by atoms with Crippen LogP contribution in [0.25, 0.3) is 0 Å². The van der Waals surface area contributed by atoms with Crippen molar-refractivity contribution in [2.24, 2.45) is 0 Å². The van der Waals surface area contributed by atoms with E-state index in [1.165, 1.54) is 0 Å². The lowest BCUT2D eigenvalue weighted by molar-refractivity contribution is -0.121. The summed E-state index contributed by atoms with van der Waals surface area (Å²) < 4.78 is 21.1. The summed E-state index contributed by atoms with van der Waals surface area (Å²) in [6, 6.07) is 11.3. The van der Waals surface area contributed by atoms with Crippen LogP contribution in [0.1, 0.15) is 17.5 Å². The Labute approximate surface area is 146 Å². The number of benzene rings is 2. The highest BCUT2D eigenvalue weighted by Gasteiger charge is 2.13. The van der Waals surface area contributed by atoms with Crippen LogP contribution in [0.2, 0.25) is 0 Å². The van der Waals surface area contributed by atoms with Crippen molar-refractivity contribution in [3.8, 4) is 23.0 Å². The normalized spacial score (nSPS) is 11.9. The van der Waals surface area contributed by atoms with Gasteiger partial charge < -0.3 is 24.3 Å². The minimum atomic E-state index is -0.00699. The molecule has 2 aromatic carbocycles. The zero-order chi connectivity index (χ0) is 17.6. The average Bonchev–Trinajstić information content (AvgIpc) is 3.12. The highest BCUT2D eigenvalue weighted by molar-refractivity contribution is 5.76. The first-order chi connectivity index (χ1) is 12.2. The average molecular weight is 343 g/mol. The molecule has 0 aromatic heterocycles. The Morgan fingerprint density at radius 2 is 1.76 bits per heavy atom. The topological polar surface area (TPSA) is 66.0 Å². The van der Waals surface area contributed by atoms with Crippen LogP contribution in [0, 0.1) is 0 Å². The standard InChI is InChI=1S/C19H21NO5/c1-22-15-6-4-14(10-17(15)23-2)11-20-19(21)8-5-13-3-7-16-18(9-13)25-12-24-16/h3-4,6-7,9-10H,5,8,11-12H2,1-2H3,(H,20,21). The van der Waals surface area contributed by atoms with Gasteiger partial charge in [-0.25, -0.2) is 0 Å². The van der Waals surface area contributed by atoms with Gasteiger partial charge in [-0.2, -0.15) is 0 Å². The molecule has 0 fully saturated rings. The van der Waals surface area contributed by atoms with E-state index in [0.29, 0.717) is 30.9 Å². The molecule has 0 saturated carbocycles. The molecule has 0 saturated heterocycles. The van der Waals surface area contributed by atoms with E-state index < -0.39 is 0 Å². The predicted octanol–water partition coefficient (Wildman–Crippen LogP) is 2.68. The lowest BCUT2D eigenvalue weighted by Crippen LogP contribution is -2.23. The van der Waals surface area contributed by atoms with Crippen molar-refractivity contribution >= 4 is 5.91 Å². The number of hydrogen-bond acceptors (Lipinski definition) is 5. The number of amides is 1. The van der Waals surface area contributed by atoms with E-state index >= 15 is 0 Å². The first kappa shape index (κ1) is 17.0. The Morgan fingerprint density at radius 1 is 1.00 bits per heavy atom. The molecule has 0 unspecified atom stereocenters. The molecule has 1 heterocycles. The lowest BCUT2D eigenvalue weighted by atomic mass is 10.1. The van der Waals surface area contributed by atoms with Crippen LogP contribution >= 0.6 is 0 Å². The van der Waals surface area contributed by atoms with Gasteiger partial charge in [0.2, 0.25) is 12.7 Å². The number of hydrogen-bond donors (Lipinski definition) is 1. The number of carbonyl (C=O) groups excluding carboxylic acids is 1. The summed E-state index contributed by atoms with van der Waals surface area (Å²) >= 11 is 0. The van der Waals surface area contributed by atoms with Gasteiger partial charge in [-0.15, -0.1) is 0 Å². The summed E-state index contributed by atoms with van der Waals surface area (Å²) in [6.07, 6.45) is 1.06. The van der Waals surface area contributed by atoms with Crippen LogP contribution in [0.3, 0.4) is 0 Å². The second-order valence-corrected chi connectivity index (χ2v) is 5.65. The highest BCUT2D eigenvalue weighted by atomic mass is 16.7. The molecule has 25 heavy (non-hydrogen) atoms. The second kappa shape index (κ2) is 7.79. The SMILES string of the molecule is COc1ccc(CNC(=O)CCc2ccc3c(c2)OCO3)cc1OC. The predicted molar refractivity (Wildman–Crippen MR) is 92.3 cm³/mol. The third-order valence-corrected chi connectivity index (χ3v) is 4.02. The fraction of sp³-hybridized carbons (Fsp3) is 0.316. The zero-order valence-corrected chi connectivity index (χ0v) is 14.3. The molecule has 3 rings (SSSR count). The molecular weight excluding hydrogens is 322 g/mol. The highest BCUT2D eigenvalue weighted by Crippen LogP contribution is 2.32. The molecule has 0 bridgehead atoms. The second-order valence-electron chi connectivity index (χ2n) is 5.65. The van der Waals surface area contributed by atoms with Gasteiger partial charge in [-0.1, -0.05) is 12.1 Å². The van der Waals surface area contributed by atoms with Crippen LogP contribution in [0.15, 0.2) is 36.4 Å². The number of methoxy groups -OCH3 is 2. The van der Waals surface area contributed by atoms with E-state index in [-0.39, 0.29) is 12.7 Å². The van der Waals surface area contributed by atoms with E-state index in [2.05, 4.69) is 5.32 Å². The third-order valence-electron chi connectivity index (χ3n) is 4.02. The quantitative estimate of drug-likeness (QED) is 0.837. The van der Waals surface area contributed by atoms with Crippen molar-refractivity contribution in [2.45, 2.75) is 19.4 Å². The zero-order valence-electron chi connectivity index (χ0n) is 14.3. The van der Waals surface area contributed by atoms with Crippen molar-refractivity contribution in [2.75, 3.05) is 21.0 Å². The molecule has 0 aliphatic carbocycles. The summed E-state index contributed by atoms with van der Waals surface area (Å²) in [4.78, 5) is 12.1. The van der Waals surface area contributed by atoms with Crippen molar-refractivity contribution in [3.05, 3.63) is 47.5 Å². The fourth-order valence-electron chi connectivity index (χ4n) is 2.63. The first-order valence-corrected chi connectivity index (χ1v) is 8.05. The smallest absolute Gasteiger partial charge is 0.231 e. The number of rotatable bonds is 7. The molecule has 2 aromatic rings. The molecule has 1 aliphatic rings. The third kappa shape index (κ3) is 4.15. The maximum absolute atomic E-state index is 12.1. The van der Waals surface area contributed by atoms with Crippen LogP contribution in [-0.4, -0.2) is 26.9 Å². The molecular formula is C19H21NO5. The Morgan fingerprint density at radius 3 is 2.56 bits per heavy atom. The lowest BCUT2D eigenvalue weighted by Gasteiger charge is -2.10. The van der Waals surface area contributed by atoms with Crippen LogP contribution in [-0.2, 0) is 17.8 Å². The van der Waals surface area contributed by atoms with E-state index in [9.17, 15) is 4.79 Å². The summed E-state index contributed by atoms with van der Waals surface area (Å²) in [5.41, 5.74) is 2.00. The van der Waals surface area contributed by atoms with Gasteiger partial charge in [0.25, 0.3) is 0 Å². The van der Waals surface area contributed by atoms with Gasteiger partial charge in [0, 0.05) is 13.0 Å². The van der Waals surface area contributed by atoms with E-state index in [4.69, 9.17) is 18.9 Å². The van der Waals surface area contributed by atoms with Gasteiger partial charge in [0.1, 0.15) is 0 Å². The molecule has 1 N–H and O–H groups in total. The molecule has 0 spiro atoms. The Hall–Kier alpha value is -2.89. The van der Waals surface area contributed by atoms with Gasteiger partial charge in [-0.3, -0.25) is 4.79 Å². The number of ether oxygens (including phenoxy) is 4. The minimum Gasteiger partial charge on any atom is -0.493 e. The van der Waals surface area contributed by atoms with E-state index in [1.54, 1.807) is 14.2 Å². The Kier molecular flexibility index (Phi) is 5.28. The summed E-state index contributed by atoms with van der Waals surface area (Å²) in [5, 5.41) is 2.92. The Balaban J connectivity index is 1.50. The van der Waals surface area contributed by atoms with Gasteiger partial charge in [0.05, 0.1) is 14.2 Å². The van der Waals surface area contributed by atoms with Gasteiger partial charge >= 0.3 is 0 Å².